The van der Waals surface area contributed by atoms with Crippen molar-refractivity contribution < 1.29 is 9.13 Å². The van der Waals surface area contributed by atoms with Crippen LogP contribution in [0.15, 0.2) is 48.7 Å². The number of ether oxygens (including phenoxy) is 1. The third-order valence-electron chi connectivity index (χ3n) is 5.40. The number of aromatic nitrogens is 2. The van der Waals surface area contributed by atoms with Gasteiger partial charge in [0.15, 0.2) is 0 Å². The summed E-state index contributed by atoms with van der Waals surface area (Å²) in [5.74, 6) is 0.850. The summed E-state index contributed by atoms with van der Waals surface area (Å²) in [5, 5.41) is 3.28. The van der Waals surface area contributed by atoms with E-state index in [1.807, 2.05) is 31.2 Å². The van der Waals surface area contributed by atoms with Crippen molar-refractivity contribution in [1.82, 2.24) is 14.9 Å². The first-order valence-electron chi connectivity index (χ1n) is 10.6. The van der Waals surface area contributed by atoms with Gasteiger partial charge in [0.25, 0.3) is 0 Å². The van der Waals surface area contributed by atoms with Crippen LogP contribution < -0.4 is 10.1 Å². The lowest BCUT2D eigenvalue weighted by Gasteiger charge is -2.26. The van der Waals surface area contributed by atoms with Gasteiger partial charge in [-0.05, 0) is 80.9 Å². The highest BCUT2D eigenvalue weighted by Gasteiger charge is 2.11. The Hall–Kier alpha value is -2.70. The third-order valence-corrected chi connectivity index (χ3v) is 5.69. The van der Waals surface area contributed by atoms with Crippen molar-refractivity contribution in [1.29, 1.82) is 0 Å². The van der Waals surface area contributed by atoms with Crippen molar-refractivity contribution >= 4 is 23.2 Å². The molecule has 0 saturated carbocycles. The second kappa shape index (κ2) is 10.1. The van der Waals surface area contributed by atoms with Gasteiger partial charge in [-0.2, -0.15) is 0 Å². The summed E-state index contributed by atoms with van der Waals surface area (Å²) < 4.78 is 19.4. The van der Waals surface area contributed by atoms with Gasteiger partial charge in [-0.25, -0.2) is 14.4 Å². The summed E-state index contributed by atoms with van der Waals surface area (Å²) in [6.07, 6.45) is 5.66. The van der Waals surface area contributed by atoms with E-state index in [1.165, 1.54) is 38.4 Å². The highest BCUT2D eigenvalue weighted by molar-refractivity contribution is 6.31. The van der Waals surface area contributed by atoms with Crippen molar-refractivity contribution in [3.63, 3.8) is 0 Å². The molecule has 1 aromatic heterocycles. The maximum Gasteiger partial charge on any atom is 0.227 e. The summed E-state index contributed by atoms with van der Waals surface area (Å²) in [7, 11) is 0. The van der Waals surface area contributed by atoms with Gasteiger partial charge in [0.05, 0.1) is 10.7 Å². The number of benzene rings is 2. The van der Waals surface area contributed by atoms with Gasteiger partial charge in [-0.1, -0.05) is 18.0 Å². The van der Waals surface area contributed by atoms with Crippen molar-refractivity contribution in [2.75, 3.05) is 31.6 Å². The fourth-order valence-corrected chi connectivity index (χ4v) is 3.86. The smallest absolute Gasteiger partial charge is 0.227 e. The lowest BCUT2D eigenvalue weighted by atomic mass is 10.1. The second-order valence-corrected chi connectivity index (χ2v) is 8.16. The van der Waals surface area contributed by atoms with Crippen LogP contribution in [-0.4, -0.2) is 41.1 Å². The predicted octanol–water partition coefficient (Wildman–Crippen LogP) is 5.85. The minimum Gasteiger partial charge on any atom is -0.492 e. The van der Waals surface area contributed by atoms with Crippen molar-refractivity contribution in [2.24, 2.45) is 0 Å². The maximum absolute atomic E-state index is 13.5. The molecular formula is C24H26ClFN4O. The van der Waals surface area contributed by atoms with E-state index in [9.17, 15) is 4.39 Å². The first-order chi connectivity index (χ1) is 15.1. The molecule has 1 aliphatic rings. The number of hydrogen-bond acceptors (Lipinski definition) is 5. The van der Waals surface area contributed by atoms with Gasteiger partial charge in [-0.15, -0.1) is 0 Å². The molecule has 1 aliphatic heterocycles. The molecule has 0 amide bonds. The molecule has 3 aromatic rings. The van der Waals surface area contributed by atoms with E-state index in [1.54, 1.807) is 18.3 Å². The maximum atomic E-state index is 13.5. The molecule has 0 bridgehead atoms. The predicted molar refractivity (Wildman–Crippen MR) is 123 cm³/mol. The second-order valence-electron chi connectivity index (χ2n) is 7.75. The van der Waals surface area contributed by atoms with E-state index in [-0.39, 0.29) is 5.02 Å². The Morgan fingerprint density at radius 2 is 1.87 bits per heavy atom. The molecule has 162 valence electrons. The van der Waals surface area contributed by atoms with E-state index in [2.05, 4.69) is 20.2 Å². The van der Waals surface area contributed by atoms with Crippen LogP contribution >= 0.6 is 11.6 Å². The number of rotatable bonds is 7. The van der Waals surface area contributed by atoms with Crippen LogP contribution in [0.5, 0.6) is 5.75 Å². The Balaban J connectivity index is 1.38. The van der Waals surface area contributed by atoms with Crippen LogP contribution in [-0.2, 0) is 0 Å². The third kappa shape index (κ3) is 5.71. The van der Waals surface area contributed by atoms with Crippen LogP contribution in [0, 0.1) is 12.7 Å². The fourth-order valence-electron chi connectivity index (χ4n) is 3.68. The Morgan fingerprint density at radius 1 is 1.10 bits per heavy atom. The van der Waals surface area contributed by atoms with E-state index in [4.69, 9.17) is 16.3 Å². The molecule has 7 heteroatoms. The average molecular weight is 441 g/mol. The Kier molecular flexibility index (Phi) is 6.99. The van der Waals surface area contributed by atoms with Crippen LogP contribution in [0.4, 0.5) is 16.0 Å². The van der Waals surface area contributed by atoms with Gasteiger partial charge in [0.2, 0.25) is 5.95 Å². The molecule has 0 atom stereocenters. The first-order valence-corrected chi connectivity index (χ1v) is 11.0. The molecule has 1 saturated heterocycles. The molecule has 0 unspecified atom stereocenters. The number of halogens is 2. The number of aryl methyl sites for hydroxylation is 1. The van der Waals surface area contributed by atoms with Crippen molar-refractivity contribution in [3.8, 4) is 17.0 Å². The molecular weight excluding hydrogens is 415 g/mol. The van der Waals surface area contributed by atoms with E-state index < -0.39 is 5.82 Å². The number of likely N-dealkylation sites (tertiary alicyclic amines) is 1. The molecule has 1 fully saturated rings. The molecule has 0 aliphatic carbocycles. The molecule has 0 spiro atoms. The van der Waals surface area contributed by atoms with Gasteiger partial charge in [0.1, 0.15) is 18.2 Å². The first kappa shape index (κ1) is 21.5. The van der Waals surface area contributed by atoms with Crippen LogP contribution in [0.1, 0.15) is 24.8 Å². The minimum atomic E-state index is -0.450. The summed E-state index contributed by atoms with van der Waals surface area (Å²) in [6.45, 7) is 5.92. The SMILES string of the molecule is Cc1cnc(Nc2ccc(OCCN3CCCCC3)cc2)nc1-c1ccc(F)c(Cl)c1. The largest absolute Gasteiger partial charge is 0.492 e. The number of anilines is 2. The summed E-state index contributed by atoms with van der Waals surface area (Å²) >= 11 is 5.93. The zero-order valence-corrected chi connectivity index (χ0v) is 18.3. The molecule has 31 heavy (non-hydrogen) atoms. The minimum absolute atomic E-state index is 0.0703. The van der Waals surface area contributed by atoms with Gasteiger partial charge in [0, 0.05) is 24.0 Å². The standard InChI is InChI=1S/C24H26ClFN4O/c1-17-16-27-24(29-23(17)18-5-10-22(26)21(25)15-18)28-19-6-8-20(9-7-19)31-14-13-30-11-3-2-4-12-30/h5-10,15-16H,2-4,11-14H2,1H3,(H,27,28,29). The molecule has 5 nitrogen and oxygen atoms in total. The number of hydrogen-bond donors (Lipinski definition) is 1. The zero-order chi connectivity index (χ0) is 21.6. The Labute approximate surface area is 187 Å². The summed E-state index contributed by atoms with van der Waals surface area (Å²) in [4.78, 5) is 11.4. The topological polar surface area (TPSA) is 50.3 Å². The summed E-state index contributed by atoms with van der Waals surface area (Å²) in [6, 6.07) is 12.3. The van der Waals surface area contributed by atoms with Crippen molar-refractivity contribution in [3.05, 3.63) is 65.1 Å². The monoisotopic (exact) mass is 440 g/mol. The quantitative estimate of drug-likeness (QED) is 0.499. The number of nitrogens with zero attached hydrogens (tertiary/aromatic N) is 3. The highest BCUT2D eigenvalue weighted by Crippen LogP contribution is 2.27. The molecule has 2 aromatic carbocycles. The normalized spacial score (nSPS) is 14.4. The average Bonchev–Trinajstić information content (AvgIpc) is 2.79. The van der Waals surface area contributed by atoms with Gasteiger partial charge >= 0.3 is 0 Å². The lowest BCUT2D eigenvalue weighted by molar-refractivity contribution is 0.183. The van der Waals surface area contributed by atoms with Crippen LogP contribution in [0.2, 0.25) is 5.02 Å². The molecule has 1 N–H and O–H groups in total. The van der Waals surface area contributed by atoms with E-state index >= 15 is 0 Å². The van der Waals surface area contributed by atoms with E-state index in [0.29, 0.717) is 18.2 Å². The fraction of sp³-hybridized carbons (Fsp3) is 0.333. The number of piperidine rings is 1. The molecule has 0 radical (unpaired) electrons. The Bertz CT molecular complexity index is 1020. The lowest BCUT2D eigenvalue weighted by Crippen LogP contribution is -2.33. The Morgan fingerprint density at radius 3 is 2.61 bits per heavy atom. The highest BCUT2D eigenvalue weighted by atomic mass is 35.5. The van der Waals surface area contributed by atoms with Crippen LogP contribution in [0.25, 0.3) is 11.3 Å². The molecule has 4 rings (SSSR count). The zero-order valence-electron chi connectivity index (χ0n) is 17.6. The molecule has 2 heterocycles. The van der Waals surface area contributed by atoms with Gasteiger partial charge in [-0.3, -0.25) is 4.90 Å². The summed E-state index contributed by atoms with van der Waals surface area (Å²) in [5.41, 5.74) is 3.19. The van der Waals surface area contributed by atoms with Crippen molar-refractivity contribution in [2.45, 2.75) is 26.2 Å². The van der Waals surface area contributed by atoms with E-state index in [0.717, 1.165) is 29.1 Å². The van der Waals surface area contributed by atoms with Crippen LogP contribution in [0.3, 0.4) is 0 Å². The number of nitrogens with one attached hydrogen (secondary N) is 1. The van der Waals surface area contributed by atoms with Gasteiger partial charge < -0.3 is 10.1 Å².